The molecule has 226 valence electrons. The molecular formula is C34H38ClI3O4. The minimum atomic E-state index is -1.31. The molecule has 1 fully saturated rings. The monoisotopic (exact) mass is 926 g/mol. The molecule has 3 aromatic carbocycles. The molecule has 0 aliphatic heterocycles. The molecule has 0 atom stereocenters. The number of phenols is 2. The van der Waals surface area contributed by atoms with Crippen LogP contribution in [0.3, 0.4) is 0 Å². The Kier molecular flexibility index (Phi) is 17.5. The summed E-state index contributed by atoms with van der Waals surface area (Å²) in [4.78, 5) is 23.1. The van der Waals surface area contributed by atoms with Gasteiger partial charge < -0.3 is 10.2 Å². The van der Waals surface area contributed by atoms with Gasteiger partial charge in [-0.25, -0.2) is 0 Å². The molecule has 0 saturated heterocycles. The van der Waals surface area contributed by atoms with Gasteiger partial charge in [0.1, 0.15) is 11.5 Å². The van der Waals surface area contributed by atoms with E-state index in [4.69, 9.17) is 11.6 Å². The second-order valence-corrected chi connectivity index (χ2v) is 11.1. The average molecular weight is 927 g/mol. The largest absolute Gasteiger partial charge is 0.507 e. The smallest absolute Gasteiger partial charge is 0.163 e. The molecule has 0 radical (unpaired) electrons. The van der Waals surface area contributed by atoms with E-state index < -0.39 is 4.87 Å². The number of alkyl halides is 1. The van der Waals surface area contributed by atoms with Crippen molar-refractivity contribution in [2.24, 2.45) is 11.8 Å². The first-order chi connectivity index (χ1) is 19.5. The summed E-state index contributed by atoms with van der Waals surface area (Å²) < 4.78 is 0. The molecule has 4 rings (SSSR count). The maximum atomic E-state index is 12.2. The Morgan fingerprint density at radius 1 is 0.762 bits per heavy atom. The predicted molar refractivity (Wildman–Crippen MR) is 204 cm³/mol. The van der Waals surface area contributed by atoms with Crippen molar-refractivity contribution in [3.8, 4) is 11.5 Å². The van der Waals surface area contributed by atoms with E-state index in [9.17, 15) is 19.8 Å². The lowest BCUT2D eigenvalue weighted by Gasteiger charge is -2.34. The Morgan fingerprint density at radius 3 is 1.57 bits per heavy atom. The van der Waals surface area contributed by atoms with E-state index in [-0.39, 0.29) is 64.8 Å². The average Bonchev–Trinajstić information content (AvgIpc) is 2.95. The predicted octanol–water partition coefficient (Wildman–Crippen LogP) is 10.7. The van der Waals surface area contributed by atoms with Crippen molar-refractivity contribution >= 4 is 103 Å². The van der Waals surface area contributed by atoms with Crippen LogP contribution in [-0.2, 0) is 9.59 Å². The fourth-order valence-corrected chi connectivity index (χ4v) is 4.84. The number of benzene rings is 3. The second kappa shape index (κ2) is 19.1. The lowest BCUT2D eigenvalue weighted by atomic mass is 9.74. The van der Waals surface area contributed by atoms with E-state index in [1.165, 1.54) is 0 Å². The van der Waals surface area contributed by atoms with Gasteiger partial charge in [0.25, 0.3) is 0 Å². The molecule has 8 heteroatoms. The SMILES string of the molecule is CC(C)C1(Cl)C(=O)CC(/C=C/c2ccccc2)CC1=O.CC(C)c1c(O)cc(/C=C/c2ccccc2)cc1O.I.II. The van der Waals surface area contributed by atoms with Crippen LogP contribution in [0, 0.1) is 11.8 Å². The van der Waals surface area contributed by atoms with Crippen molar-refractivity contribution in [2.75, 3.05) is 0 Å². The lowest BCUT2D eigenvalue weighted by molar-refractivity contribution is -0.136. The number of hydrogen-bond acceptors (Lipinski definition) is 4. The summed E-state index contributed by atoms with van der Waals surface area (Å²) in [6, 6.07) is 23.1. The van der Waals surface area contributed by atoms with Crippen molar-refractivity contribution in [2.45, 2.75) is 51.3 Å². The fraction of sp³-hybridized carbons (Fsp3) is 0.294. The summed E-state index contributed by atoms with van der Waals surface area (Å²) >= 11 is 10.5. The standard InChI is InChI=1S/C17H19ClO2.C17H18O2.I2.HI/c1-12(2)17(18)15(19)10-14(11-16(17)20)9-8-13-6-4-3-5-7-13;1-12(2)17-15(18)10-14(11-16(17)19)9-8-13-6-4-3-5-7-13;1-2;/h3-9,12,14H,10-11H2,1-2H3;3-12,18-19H,1-2H3;;1H/b2*9-8+;;. The molecule has 4 nitrogen and oxygen atoms in total. The highest BCUT2D eigenvalue weighted by Crippen LogP contribution is 2.38. The van der Waals surface area contributed by atoms with Crippen molar-refractivity contribution in [3.05, 3.63) is 101 Å². The molecule has 3 aromatic rings. The van der Waals surface area contributed by atoms with Crippen LogP contribution in [0.2, 0.25) is 0 Å². The Balaban J connectivity index is 0.000000388. The van der Waals surface area contributed by atoms with Gasteiger partial charge in [-0.3, -0.25) is 9.59 Å². The minimum absolute atomic E-state index is 0. The molecular weight excluding hydrogens is 889 g/mol. The molecule has 0 aromatic heterocycles. The highest BCUT2D eigenvalue weighted by atomic mass is 128. The van der Waals surface area contributed by atoms with Crippen LogP contribution < -0.4 is 0 Å². The first-order valence-electron chi connectivity index (χ1n) is 13.4. The van der Waals surface area contributed by atoms with E-state index >= 15 is 0 Å². The lowest BCUT2D eigenvalue weighted by Crippen LogP contribution is -2.50. The normalized spacial score (nSPS) is 18.4. The van der Waals surface area contributed by atoms with E-state index in [2.05, 4.69) is 37.2 Å². The topological polar surface area (TPSA) is 74.6 Å². The molecule has 0 heterocycles. The minimum Gasteiger partial charge on any atom is -0.507 e. The zero-order valence-corrected chi connectivity index (χ0v) is 31.5. The quantitative estimate of drug-likeness (QED) is 0.112. The van der Waals surface area contributed by atoms with Crippen LogP contribution in [0.5, 0.6) is 11.5 Å². The number of carbonyl (C=O) groups excluding carboxylic acids is 2. The molecule has 0 bridgehead atoms. The van der Waals surface area contributed by atoms with E-state index in [0.29, 0.717) is 18.4 Å². The van der Waals surface area contributed by atoms with Crippen LogP contribution in [0.25, 0.3) is 18.2 Å². The number of ketones is 2. The molecule has 0 amide bonds. The Hall–Kier alpha value is -1.44. The number of allylic oxidation sites excluding steroid dienone is 1. The van der Waals surface area contributed by atoms with Crippen molar-refractivity contribution in [3.63, 3.8) is 0 Å². The van der Waals surface area contributed by atoms with Gasteiger partial charge in [0.2, 0.25) is 0 Å². The summed E-state index contributed by atoms with van der Waals surface area (Å²) in [5.41, 5.74) is 3.52. The van der Waals surface area contributed by atoms with Gasteiger partial charge in [0.15, 0.2) is 16.4 Å². The highest BCUT2D eigenvalue weighted by molar-refractivity contribution is 15.0. The van der Waals surface area contributed by atoms with Crippen molar-refractivity contribution in [1.82, 2.24) is 0 Å². The molecule has 0 unspecified atom stereocenters. The molecule has 2 N–H and O–H groups in total. The van der Waals surface area contributed by atoms with Gasteiger partial charge in [-0.05, 0) is 46.6 Å². The summed E-state index contributed by atoms with van der Waals surface area (Å²) in [5, 5.41) is 19.9. The van der Waals surface area contributed by atoms with Gasteiger partial charge in [0, 0.05) is 55.6 Å². The van der Waals surface area contributed by atoms with E-state index in [1.54, 1.807) is 12.1 Å². The Bertz CT molecular complexity index is 1300. The van der Waals surface area contributed by atoms with E-state index in [0.717, 1.165) is 16.7 Å². The highest BCUT2D eigenvalue weighted by Gasteiger charge is 2.49. The molecule has 0 spiro atoms. The summed E-state index contributed by atoms with van der Waals surface area (Å²) in [5.74, 6) is -0.122. The zero-order valence-electron chi connectivity index (χ0n) is 24.1. The Morgan fingerprint density at radius 2 is 1.17 bits per heavy atom. The van der Waals surface area contributed by atoms with Crippen LogP contribution >= 0.6 is 72.8 Å². The fourth-order valence-electron chi connectivity index (χ4n) is 4.68. The van der Waals surface area contributed by atoms with Crippen molar-refractivity contribution in [1.29, 1.82) is 0 Å². The van der Waals surface area contributed by atoms with Gasteiger partial charge in [-0.15, -0.1) is 35.6 Å². The third-order valence-electron chi connectivity index (χ3n) is 6.87. The van der Waals surface area contributed by atoms with Crippen LogP contribution in [0.4, 0.5) is 0 Å². The van der Waals surface area contributed by atoms with Gasteiger partial charge in [-0.2, -0.15) is 0 Å². The summed E-state index contributed by atoms with van der Waals surface area (Å²) in [6.07, 6.45) is 8.42. The number of rotatable bonds is 6. The number of carbonyl (C=O) groups is 2. The molecule has 1 saturated carbocycles. The molecule has 1 aliphatic carbocycles. The summed E-state index contributed by atoms with van der Waals surface area (Å²) in [7, 11) is 0. The van der Waals surface area contributed by atoms with Gasteiger partial charge in [0.05, 0.1) is 0 Å². The van der Waals surface area contributed by atoms with Gasteiger partial charge in [-0.1, -0.05) is 113 Å². The maximum Gasteiger partial charge on any atom is 0.163 e. The number of phenolic OH excluding ortho intramolecular Hbond substituents is 2. The van der Waals surface area contributed by atoms with Crippen LogP contribution in [-0.4, -0.2) is 26.7 Å². The number of aromatic hydroxyl groups is 2. The first kappa shape index (κ1) is 38.6. The third-order valence-corrected chi connectivity index (χ3v) is 7.72. The molecule has 1 aliphatic rings. The third kappa shape index (κ3) is 10.9. The number of Topliss-reactive ketones (excluding diaryl/α,β-unsaturated/α-hetero) is 2. The van der Waals surface area contributed by atoms with E-state index in [1.807, 2.05) is 113 Å². The van der Waals surface area contributed by atoms with Gasteiger partial charge >= 0.3 is 0 Å². The maximum absolute atomic E-state index is 12.2. The summed E-state index contributed by atoms with van der Waals surface area (Å²) in [6.45, 7) is 7.52. The Labute approximate surface area is 295 Å². The van der Waals surface area contributed by atoms with Crippen LogP contribution in [0.15, 0.2) is 78.9 Å². The zero-order chi connectivity index (χ0) is 30.6. The number of hydrogen-bond donors (Lipinski definition) is 2. The first-order valence-corrected chi connectivity index (χ1v) is 20.1. The van der Waals surface area contributed by atoms with Crippen LogP contribution in [0.1, 0.15) is 68.7 Å². The van der Waals surface area contributed by atoms with Crippen molar-refractivity contribution < 1.29 is 19.8 Å². The molecule has 42 heavy (non-hydrogen) atoms. The second-order valence-electron chi connectivity index (χ2n) is 10.5. The number of halogens is 4.